The molecule has 0 amide bonds. The van der Waals surface area contributed by atoms with Gasteiger partial charge in [-0.25, -0.2) is 4.90 Å². The van der Waals surface area contributed by atoms with Crippen LogP contribution in [0.4, 0.5) is 0 Å². The van der Waals surface area contributed by atoms with Crippen LogP contribution in [0.25, 0.3) is 0 Å². The summed E-state index contributed by atoms with van der Waals surface area (Å²) in [6.45, 7) is 0. The summed E-state index contributed by atoms with van der Waals surface area (Å²) < 4.78 is 1.59. The summed E-state index contributed by atoms with van der Waals surface area (Å²) in [5, 5.41) is 44.3. The van der Waals surface area contributed by atoms with E-state index in [1.165, 1.54) is 41.3 Å². The molecule has 172 valence electrons. The number of phenolic OH excluding ortho intramolecular Hbond substituents is 4. The normalized spacial score (nSPS) is 16.4. The summed E-state index contributed by atoms with van der Waals surface area (Å²) in [5.41, 5.74) is 1.09. The molecular weight excluding hydrogens is 454 g/mol. The Bertz CT molecular complexity index is 1560. The number of hydrogen-bond acceptors (Lipinski definition) is 12. The summed E-state index contributed by atoms with van der Waals surface area (Å²) in [7, 11) is 1.74. The second kappa shape index (κ2) is 7.34. The van der Waals surface area contributed by atoms with Crippen molar-refractivity contribution in [1.29, 1.82) is 0 Å². The fourth-order valence-corrected chi connectivity index (χ4v) is 3.65. The van der Waals surface area contributed by atoms with Gasteiger partial charge in [-0.1, -0.05) is 0 Å². The third-order valence-corrected chi connectivity index (χ3v) is 5.33. The molecule has 3 aromatic rings. The molecule has 0 unspecified atom stereocenters. The predicted octanol–water partition coefficient (Wildman–Crippen LogP) is 1.29. The minimum absolute atomic E-state index is 0.0954. The third-order valence-electron chi connectivity index (χ3n) is 5.33. The van der Waals surface area contributed by atoms with Gasteiger partial charge in [0.2, 0.25) is 17.9 Å². The van der Waals surface area contributed by atoms with Gasteiger partial charge in [0.05, 0.1) is 11.1 Å². The highest BCUT2D eigenvalue weighted by atomic mass is 16.3. The smallest absolute Gasteiger partial charge is 0.243 e. The van der Waals surface area contributed by atoms with Crippen molar-refractivity contribution < 1.29 is 20.4 Å². The maximum atomic E-state index is 10.4. The van der Waals surface area contributed by atoms with Crippen molar-refractivity contribution in [1.82, 2.24) is 14.7 Å². The molecule has 6 rings (SSSR count). The maximum absolute atomic E-state index is 10.4. The van der Waals surface area contributed by atoms with E-state index in [-0.39, 0.29) is 69.5 Å². The summed E-state index contributed by atoms with van der Waals surface area (Å²) in [6.07, 6.45) is 1.60. The number of aliphatic imine (C=N–C) groups is 6. The monoisotopic (exact) mass is 469 g/mol. The van der Waals surface area contributed by atoms with Crippen molar-refractivity contribution >= 4 is 35.4 Å². The fourth-order valence-electron chi connectivity index (χ4n) is 3.65. The lowest BCUT2D eigenvalue weighted by Crippen LogP contribution is -2.48. The van der Waals surface area contributed by atoms with E-state index < -0.39 is 0 Å². The molecule has 4 heterocycles. The SMILES string of the molecule is Cn1nccc1C1=NC2=NC(c3ccc(O)cc3O)=NC3=NC(c4ccc(O)cc4O)=NC(=N1)N32. The van der Waals surface area contributed by atoms with Crippen LogP contribution >= 0.6 is 0 Å². The van der Waals surface area contributed by atoms with Crippen molar-refractivity contribution in [2.24, 2.45) is 37.0 Å². The van der Waals surface area contributed by atoms with Crippen molar-refractivity contribution in [3.8, 4) is 23.0 Å². The molecule has 0 saturated heterocycles. The van der Waals surface area contributed by atoms with E-state index >= 15 is 0 Å². The van der Waals surface area contributed by atoms with Crippen LogP contribution in [0, 0.1) is 0 Å². The second-order valence-corrected chi connectivity index (χ2v) is 7.62. The molecular formula is C22H15N9O4. The Balaban J connectivity index is 1.57. The first-order chi connectivity index (χ1) is 16.9. The molecule has 0 fully saturated rings. The van der Waals surface area contributed by atoms with E-state index in [0.29, 0.717) is 5.69 Å². The summed E-state index contributed by atoms with van der Waals surface area (Å²) in [6, 6.07) is 9.81. The molecule has 0 aliphatic carbocycles. The van der Waals surface area contributed by atoms with Gasteiger partial charge in [0.15, 0.2) is 17.5 Å². The number of amidine groups is 3. The predicted molar refractivity (Wildman–Crippen MR) is 127 cm³/mol. The molecule has 2 aromatic carbocycles. The first-order valence-corrected chi connectivity index (χ1v) is 10.2. The molecule has 0 saturated carbocycles. The third kappa shape index (κ3) is 3.30. The zero-order valence-electron chi connectivity index (χ0n) is 17.9. The van der Waals surface area contributed by atoms with Crippen molar-refractivity contribution in [3.63, 3.8) is 0 Å². The van der Waals surface area contributed by atoms with Crippen LogP contribution in [0.1, 0.15) is 16.8 Å². The lowest BCUT2D eigenvalue weighted by molar-refractivity contribution is 0.449. The molecule has 0 atom stereocenters. The molecule has 13 heteroatoms. The number of phenols is 4. The number of aromatic nitrogens is 2. The van der Waals surface area contributed by atoms with Crippen LogP contribution in [0.15, 0.2) is 78.6 Å². The number of rotatable bonds is 3. The average Bonchev–Trinajstić information content (AvgIpc) is 3.24. The zero-order chi connectivity index (χ0) is 24.3. The lowest BCUT2D eigenvalue weighted by atomic mass is 10.1. The van der Waals surface area contributed by atoms with Crippen LogP contribution in [0.5, 0.6) is 23.0 Å². The van der Waals surface area contributed by atoms with Gasteiger partial charge >= 0.3 is 0 Å². The van der Waals surface area contributed by atoms with Crippen molar-refractivity contribution in [2.45, 2.75) is 0 Å². The Morgan fingerprint density at radius 3 is 1.54 bits per heavy atom. The highest BCUT2D eigenvalue weighted by molar-refractivity contribution is 6.34. The molecule has 0 bridgehead atoms. The number of benzene rings is 2. The van der Waals surface area contributed by atoms with Gasteiger partial charge < -0.3 is 20.4 Å². The van der Waals surface area contributed by atoms with E-state index in [1.54, 1.807) is 24.0 Å². The van der Waals surface area contributed by atoms with Crippen molar-refractivity contribution in [2.75, 3.05) is 0 Å². The quantitative estimate of drug-likeness (QED) is 0.449. The van der Waals surface area contributed by atoms with E-state index in [0.717, 1.165) is 0 Å². The lowest BCUT2D eigenvalue weighted by Gasteiger charge is -2.30. The first kappa shape index (κ1) is 20.3. The van der Waals surface area contributed by atoms with Gasteiger partial charge in [-0.05, 0) is 30.3 Å². The number of guanidine groups is 3. The summed E-state index contributed by atoms with van der Waals surface area (Å²) in [4.78, 5) is 28.4. The highest BCUT2D eigenvalue weighted by Crippen LogP contribution is 2.29. The minimum atomic E-state index is -0.233. The Morgan fingerprint density at radius 1 is 0.600 bits per heavy atom. The second-order valence-electron chi connectivity index (χ2n) is 7.62. The molecule has 3 aliphatic heterocycles. The Hall–Kier alpha value is -5.33. The molecule has 13 nitrogen and oxygen atoms in total. The van der Waals surface area contributed by atoms with E-state index in [2.05, 4.69) is 35.1 Å². The van der Waals surface area contributed by atoms with Gasteiger partial charge in [-0.2, -0.15) is 35.1 Å². The standard InChI is InChI=1S/C22H15N9O4/c1-30-14(6-7-23-30)19-28-21-26-17(12-4-2-10(32)8-15(12)34)24-20-25-18(27-22(29-19)31(20)21)13-5-3-11(33)9-16(13)35/h2-9,32-35H,1H3. The number of aryl methyl sites for hydroxylation is 1. The van der Waals surface area contributed by atoms with E-state index in [4.69, 9.17) is 0 Å². The average molecular weight is 469 g/mol. The molecule has 0 radical (unpaired) electrons. The maximum Gasteiger partial charge on any atom is 0.243 e. The molecule has 0 spiro atoms. The van der Waals surface area contributed by atoms with Gasteiger partial charge in [-0.15, -0.1) is 0 Å². The van der Waals surface area contributed by atoms with Crippen LogP contribution in [-0.2, 0) is 7.05 Å². The van der Waals surface area contributed by atoms with Crippen molar-refractivity contribution in [3.05, 3.63) is 65.5 Å². The van der Waals surface area contributed by atoms with Gasteiger partial charge in [-0.3, -0.25) is 4.68 Å². The molecule has 3 aliphatic rings. The number of nitrogens with zero attached hydrogens (tertiary/aromatic N) is 9. The van der Waals surface area contributed by atoms with Crippen LogP contribution in [-0.4, -0.2) is 70.5 Å². The Labute approximate surface area is 196 Å². The largest absolute Gasteiger partial charge is 0.508 e. The Morgan fingerprint density at radius 2 is 1.09 bits per heavy atom. The fraction of sp³-hybridized carbons (Fsp3) is 0.0455. The topological polar surface area (TPSA) is 176 Å². The molecule has 35 heavy (non-hydrogen) atoms. The van der Waals surface area contributed by atoms with Gasteiger partial charge in [0.25, 0.3) is 0 Å². The van der Waals surface area contributed by atoms with Crippen LogP contribution in [0.3, 0.4) is 0 Å². The highest BCUT2D eigenvalue weighted by Gasteiger charge is 2.36. The van der Waals surface area contributed by atoms with Crippen LogP contribution in [0.2, 0.25) is 0 Å². The summed E-state index contributed by atoms with van der Waals surface area (Å²) >= 11 is 0. The van der Waals surface area contributed by atoms with Gasteiger partial charge in [0.1, 0.15) is 28.7 Å². The minimum Gasteiger partial charge on any atom is -0.508 e. The first-order valence-electron chi connectivity index (χ1n) is 10.2. The number of hydrogen-bond donors (Lipinski definition) is 4. The van der Waals surface area contributed by atoms with E-state index in [9.17, 15) is 20.4 Å². The zero-order valence-corrected chi connectivity index (χ0v) is 17.9. The summed E-state index contributed by atoms with van der Waals surface area (Å²) in [5.74, 6) is 0.177. The Kier molecular flexibility index (Phi) is 4.26. The molecule has 1 aromatic heterocycles. The molecule has 4 N–H and O–H groups in total. The van der Waals surface area contributed by atoms with Crippen LogP contribution < -0.4 is 0 Å². The van der Waals surface area contributed by atoms with E-state index in [1.807, 2.05) is 0 Å². The number of aromatic hydroxyl groups is 4. The van der Waals surface area contributed by atoms with Gasteiger partial charge in [0, 0.05) is 25.4 Å².